The first-order valence-electron chi connectivity index (χ1n) is 9.05. The number of halogens is 3. The van der Waals surface area contributed by atoms with Crippen molar-refractivity contribution in [1.82, 2.24) is 0 Å². The normalized spacial score (nSPS) is 15.7. The van der Waals surface area contributed by atoms with Gasteiger partial charge in [0.1, 0.15) is 23.5 Å². The van der Waals surface area contributed by atoms with Crippen LogP contribution >= 0.6 is 0 Å². The van der Waals surface area contributed by atoms with Crippen LogP contribution in [-0.2, 0) is 11.4 Å². The first-order valence-corrected chi connectivity index (χ1v) is 9.05. The fourth-order valence-electron chi connectivity index (χ4n) is 3.49. The molecule has 0 aromatic heterocycles. The van der Waals surface area contributed by atoms with Gasteiger partial charge in [-0.3, -0.25) is 9.59 Å². The molecule has 0 atom stereocenters. The first kappa shape index (κ1) is 20.7. The molecule has 0 bridgehead atoms. The van der Waals surface area contributed by atoms with Crippen molar-refractivity contribution in [3.8, 4) is 11.5 Å². The highest BCUT2D eigenvalue weighted by molar-refractivity contribution is 6.12. The monoisotopic (exact) mass is 408 g/mol. The SMILES string of the molecule is O=C(O)C1(C(=O)c2ccc(OCc3cccc(OC(F)(F)F)c3)cc2)CCCC1. The molecule has 2 aromatic carbocycles. The highest BCUT2D eigenvalue weighted by Crippen LogP contribution is 2.41. The van der Waals surface area contributed by atoms with Crippen LogP contribution in [0, 0.1) is 5.41 Å². The second-order valence-corrected chi connectivity index (χ2v) is 6.93. The van der Waals surface area contributed by atoms with E-state index < -0.39 is 23.5 Å². The maximum Gasteiger partial charge on any atom is 0.573 e. The zero-order valence-electron chi connectivity index (χ0n) is 15.4. The Bertz CT molecular complexity index is 884. The number of ketones is 1. The third-order valence-corrected chi connectivity index (χ3v) is 4.96. The van der Waals surface area contributed by atoms with Crippen LogP contribution in [-0.4, -0.2) is 23.2 Å². The second kappa shape index (κ2) is 8.14. The second-order valence-electron chi connectivity index (χ2n) is 6.93. The highest BCUT2D eigenvalue weighted by Gasteiger charge is 2.48. The van der Waals surface area contributed by atoms with E-state index in [0.29, 0.717) is 42.6 Å². The number of carbonyl (C=O) groups excluding carboxylic acids is 1. The molecule has 0 aliphatic heterocycles. The molecule has 0 heterocycles. The van der Waals surface area contributed by atoms with E-state index >= 15 is 0 Å². The molecule has 5 nitrogen and oxygen atoms in total. The number of ether oxygens (including phenoxy) is 2. The van der Waals surface area contributed by atoms with E-state index in [9.17, 15) is 27.9 Å². The summed E-state index contributed by atoms with van der Waals surface area (Å²) in [7, 11) is 0. The number of carbonyl (C=O) groups is 2. The van der Waals surface area contributed by atoms with Crippen molar-refractivity contribution in [2.75, 3.05) is 0 Å². The van der Waals surface area contributed by atoms with Gasteiger partial charge in [0.05, 0.1) is 0 Å². The summed E-state index contributed by atoms with van der Waals surface area (Å²) in [6, 6.07) is 11.5. The van der Waals surface area contributed by atoms with Gasteiger partial charge in [-0.2, -0.15) is 0 Å². The molecule has 2 aromatic rings. The Balaban J connectivity index is 1.65. The molecule has 1 saturated carbocycles. The molecule has 0 spiro atoms. The average Bonchev–Trinajstić information content (AvgIpc) is 3.16. The van der Waals surface area contributed by atoms with Crippen LogP contribution in [0.4, 0.5) is 13.2 Å². The van der Waals surface area contributed by atoms with Crippen molar-refractivity contribution in [3.05, 3.63) is 59.7 Å². The molecule has 1 N–H and O–H groups in total. The summed E-state index contributed by atoms with van der Waals surface area (Å²) in [5.74, 6) is -1.44. The van der Waals surface area contributed by atoms with Gasteiger partial charge in [-0.1, -0.05) is 25.0 Å². The molecule has 8 heteroatoms. The summed E-state index contributed by atoms with van der Waals surface area (Å²) in [6.45, 7) is 0.00140. The number of alkyl halides is 3. The molecule has 0 unspecified atom stereocenters. The van der Waals surface area contributed by atoms with Crippen LogP contribution in [0.3, 0.4) is 0 Å². The smallest absolute Gasteiger partial charge is 0.489 e. The van der Waals surface area contributed by atoms with E-state index in [1.807, 2.05) is 0 Å². The van der Waals surface area contributed by atoms with Crippen LogP contribution in [0.25, 0.3) is 0 Å². The molecular weight excluding hydrogens is 389 g/mol. The van der Waals surface area contributed by atoms with Gasteiger partial charge in [0.2, 0.25) is 0 Å². The van der Waals surface area contributed by atoms with Crippen molar-refractivity contribution in [1.29, 1.82) is 0 Å². The number of carboxylic acids is 1. The minimum absolute atomic E-state index is 0.00140. The average molecular weight is 408 g/mol. The summed E-state index contributed by atoms with van der Waals surface area (Å²) >= 11 is 0. The molecule has 0 radical (unpaired) electrons. The summed E-state index contributed by atoms with van der Waals surface area (Å²) in [5.41, 5.74) is -0.591. The van der Waals surface area contributed by atoms with E-state index in [1.54, 1.807) is 6.07 Å². The number of aliphatic carboxylic acids is 1. The predicted molar refractivity (Wildman–Crippen MR) is 96.8 cm³/mol. The van der Waals surface area contributed by atoms with Gasteiger partial charge in [-0.05, 0) is 54.8 Å². The molecule has 29 heavy (non-hydrogen) atoms. The molecular formula is C21H19F3O5. The zero-order valence-corrected chi connectivity index (χ0v) is 15.4. The first-order chi connectivity index (χ1) is 13.7. The maximum atomic E-state index is 12.7. The Kier molecular flexibility index (Phi) is 5.81. The minimum atomic E-state index is -4.77. The molecule has 0 amide bonds. The Morgan fingerprint density at radius 1 is 1.00 bits per heavy atom. The molecule has 3 rings (SSSR count). The third kappa shape index (κ3) is 4.88. The van der Waals surface area contributed by atoms with Gasteiger partial charge >= 0.3 is 12.3 Å². The van der Waals surface area contributed by atoms with E-state index in [-0.39, 0.29) is 12.4 Å². The lowest BCUT2D eigenvalue weighted by atomic mass is 9.79. The summed E-state index contributed by atoms with van der Waals surface area (Å²) < 4.78 is 46.3. The number of carboxylic acid groups (broad SMARTS) is 1. The van der Waals surface area contributed by atoms with Crippen molar-refractivity contribution >= 4 is 11.8 Å². The maximum absolute atomic E-state index is 12.7. The van der Waals surface area contributed by atoms with Crippen LogP contribution in [0.15, 0.2) is 48.5 Å². The van der Waals surface area contributed by atoms with Crippen molar-refractivity contribution in [2.24, 2.45) is 5.41 Å². The molecule has 1 fully saturated rings. The number of rotatable bonds is 7. The third-order valence-electron chi connectivity index (χ3n) is 4.96. The Morgan fingerprint density at radius 2 is 1.66 bits per heavy atom. The Hall–Kier alpha value is -3.03. The highest BCUT2D eigenvalue weighted by atomic mass is 19.4. The van der Waals surface area contributed by atoms with E-state index in [2.05, 4.69) is 4.74 Å². The van der Waals surface area contributed by atoms with Crippen molar-refractivity contribution < 1.29 is 37.3 Å². The fourth-order valence-corrected chi connectivity index (χ4v) is 3.49. The molecule has 154 valence electrons. The van der Waals surface area contributed by atoms with Crippen LogP contribution in [0.2, 0.25) is 0 Å². The van der Waals surface area contributed by atoms with E-state index in [0.717, 1.165) is 0 Å². The fraction of sp³-hybridized carbons (Fsp3) is 0.333. The van der Waals surface area contributed by atoms with Gasteiger partial charge in [-0.15, -0.1) is 13.2 Å². The van der Waals surface area contributed by atoms with Gasteiger partial charge in [0.15, 0.2) is 5.78 Å². The lowest BCUT2D eigenvalue weighted by Crippen LogP contribution is -2.36. The zero-order chi connectivity index (χ0) is 21.1. The van der Waals surface area contributed by atoms with Gasteiger partial charge < -0.3 is 14.6 Å². The number of hydrogen-bond donors (Lipinski definition) is 1. The molecule has 1 aliphatic rings. The summed E-state index contributed by atoms with van der Waals surface area (Å²) in [5, 5.41) is 9.53. The lowest BCUT2D eigenvalue weighted by molar-refractivity contribution is -0.274. The largest absolute Gasteiger partial charge is 0.573 e. The quantitative estimate of drug-likeness (QED) is 0.516. The topological polar surface area (TPSA) is 72.8 Å². The van der Waals surface area contributed by atoms with Crippen LogP contribution in [0.5, 0.6) is 11.5 Å². The summed E-state index contributed by atoms with van der Waals surface area (Å²) in [6.07, 6.45) is -2.70. The van der Waals surface area contributed by atoms with E-state index in [4.69, 9.17) is 4.74 Å². The van der Waals surface area contributed by atoms with Crippen LogP contribution in [0.1, 0.15) is 41.6 Å². The van der Waals surface area contributed by atoms with E-state index in [1.165, 1.54) is 42.5 Å². The Labute approximate surface area is 165 Å². The van der Waals surface area contributed by atoms with Crippen LogP contribution < -0.4 is 9.47 Å². The van der Waals surface area contributed by atoms with Gasteiger partial charge in [0, 0.05) is 5.56 Å². The van der Waals surface area contributed by atoms with Gasteiger partial charge in [0.25, 0.3) is 0 Å². The molecule has 0 saturated heterocycles. The lowest BCUT2D eigenvalue weighted by Gasteiger charge is -2.22. The van der Waals surface area contributed by atoms with Crippen molar-refractivity contribution in [3.63, 3.8) is 0 Å². The molecule has 1 aliphatic carbocycles. The number of Topliss-reactive ketones (excluding diaryl/α,β-unsaturated/α-hetero) is 1. The predicted octanol–water partition coefficient (Wildman–Crippen LogP) is 4.99. The van der Waals surface area contributed by atoms with Crippen molar-refractivity contribution in [2.45, 2.75) is 38.7 Å². The summed E-state index contributed by atoms with van der Waals surface area (Å²) in [4.78, 5) is 24.4. The standard InChI is InChI=1S/C21H19F3O5/c22-21(23,24)29-17-5-3-4-14(12-17)13-28-16-8-6-15(7-9-16)18(25)20(19(26)27)10-1-2-11-20/h3-9,12H,1-2,10-11,13H2,(H,26,27). The Morgan fingerprint density at radius 3 is 2.24 bits per heavy atom. The number of hydrogen-bond acceptors (Lipinski definition) is 4. The van der Waals surface area contributed by atoms with Gasteiger partial charge in [-0.25, -0.2) is 0 Å². The number of benzene rings is 2. The minimum Gasteiger partial charge on any atom is -0.489 e.